The Hall–Kier alpha value is -1.75. The first-order valence-corrected chi connectivity index (χ1v) is 7.69. The van der Waals surface area contributed by atoms with E-state index in [4.69, 9.17) is 15.2 Å². The number of hydrogen-bond donors (Lipinski definition) is 2. The second-order valence-electron chi connectivity index (χ2n) is 5.95. The Bertz CT molecular complexity index is 459. The van der Waals surface area contributed by atoms with Gasteiger partial charge in [-0.05, 0) is 43.5 Å². The van der Waals surface area contributed by atoms with Crippen LogP contribution in [0.25, 0.3) is 0 Å². The summed E-state index contributed by atoms with van der Waals surface area (Å²) in [6, 6.07) is 7.39. The molecule has 3 N–H and O–H groups in total. The minimum atomic E-state index is -0.353. The fourth-order valence-electron chi connectivity index (χ4n) is 1.91. The van der Waals surface area contributed by atoms with E-state index in [1.165, 1.54) is 0 Å². The summed E-state index contributed by atoms with van der Waals surface area (Å²) in [6.45, 7) is 7.02. The van der Waals surface area contributed by atoms with Crippen molar-refractivity contribution in [1.29, 1.82) is 0 Å². The molecule has 5 nitrogen and oxygen atoms in total. The number of nitrogens with two attached hydrogens (primary N) is 1. The van der Waals surface area contributed by atoms with E-state index in [1.807, 2.05) is 31.2 Å². The van der Waals surface area contributed by atoms with Crippen molar-refractivity contribution in [1.82, 2.24) is 5.32 Å². The van der Waals surface area contributed by atoms with Crippen LogP contribution in [0.2, 0.25) is 0 Å². The van der Waals surface area contributed by atoms with Crippen LogP contribution < -0.4 is 20.5 Å². The van der Waals surface area contributed by atoms with Gasteiger partial charge in [-0.1, -0.05) is 13.8 Å². The van der Waals surface area contributed by atoms with E-state index >= 15 is 0 Å². The van der Waals surface area contributed by atoms with Gasteiger partial charge in [-0.2, -0.15) is 0 Å². The summed E-state index contributed by atoms with van der Waals surface area (Å²) >= 11 is 0. The molecular weight excluding hydrogens is 280 g/mol. The Kier molecular flexibility index (Phi) is 7.18. The molecule has 1 amide bonds. The van der Waals surface area contributed by atoms with Gasteiger partial charge in [0.15, 0.2) is 0 Å². The van der Waals surface area contributed by atoms with Gasteiger partial charge in [-0.25, -0.2) is 0 Å². The van der Waals surface area contributed by atoms with Crippen LogP contribution in [0.1, 0.15) is 33.6 Å². The number of benzene rings is 1. The molecule has 1 aromatic rings. The van der Waals surface area contributed by atoms with E-state index in [0.29, 0.717) is 26.0 Å². The summed E-state index contributed by atoms with van der Waals surface area (Å²) in [5.74, 6) is 1.87. The molecule has 0 spiro atoms. The highest BCUT2D eigenvalue weighted by Gasteiger charge is 2.28. The minimum Gasteiger partial charge on any atom is -0.497 e. The van der Waals surface area contributed by atoms with Gasteiger partial charge < -0.3 is 20.5 Å². The standard InChI is InChI=1S/C17H28N2O3/c1-13(2)17(3,12-18)19-16(20)6-5-11-22-15-9-7-14(21-4)8-10-15/h7-10,13H,5-6,11-12,18H2,1-4H3,(H,19,20). The number of rotatable bonds is 9. The number of methoxy groups -OCH3 is 1. The van der Waals surface area contributed by atoms with Gasteiger partial charge in [0.25, 0.3) is 0 Å². The summed E-state index contributed by atoms with van der Waals surface area (Å²) in [7, 11) is 1.63. The molecule has 5 heteroatoms. The van der Waals surface area contributed by atoms with Crippen molar-refractivity contribution in [3.05, 3.63) is 24.3 Å². The quantitative estimate of drug-likeness (QED) is 0.687. The van der Waals surface area contributed by atoms with Crippen molar-refractivity contribution < 1.29 is 14.3 Å². The van der Waals surface area contributed by atoms with Gasteiger partial charge >= 0.3 is 0 Å². The van der Waals surface area contributed by atoms with Gasteiger partial charge in [0.2, 0.25) is 5.91 Å². The molecule has 0 aliphatic carbocycles. The molecule has 0 saturated heterocycles. The molecule has 0 aliphatic rings. The van der Waals surface area contributed by atoms with E-state index < -0.39 is 0 Å². The topological polar surface area (TPSA) is 73.6 Å². The average Bonchev–Trinajstić information content (AvgIpc) is 2.51. The van der Waals surface area contributed by atoms with E-state index in [2.05, 4.69) is 19.2 Å². The van der Waals surface area contributed by atoms with E-state index in [9.17, 15) is 4.79 Å². The van der Waals surface area contributed by atoms with Gasteiger partial charge in [0.05, 0.1) is 19.3 Å². The van der Waals surface area contributed by atoms with Gasteiger partial charge in [0, 0.05) is 13.0 Å². The van der Waals surface area contributed by atoms with Crippen LogP contribution in [0.5, 0.6) is 11.5 Å². The fourth-order valence-corrected chi connectivity index (χ4v) is 1.91. The van der Waals surface area contributed by atoms with Crippen LogP contribution in [-0.2, 0) is 4.79 Å². The van der Waals surface area contributed by atoms with Crippen LogP contribution in [0, 0.1) is 5.92 Å². The zero-order valence-corrected chi connectivity index (χ0v) is 14.0. The highest BCUT2D eigenvalue weighted by Crippen LogP contribution is 2.17. The molecule has 0 radical (unpaired) electrons. The van der Waals surface area contributed by atoms with Crippen LogP contribution in [-0.4, -0.2) is 31.7 Å². The van der Waals surface area contributed by atoms with Crippen molar-refractivity contribution in [3.8, 4) is 11.5 Å². The molecule has 22 heavy (non-hydrogen) atoms. The zero-order chi connectivity index (χ0) is 16.6. The summed E-state index contributed by atoms with van der Waals surface area (Å²) in [4.78, 5) is 12.0. The monoisotopic (exact) mass is 308 g/mol. The molecule has 1 rings (SSSR count). The first-order chi connectivity index (χ1) is 10.4. The summed E-state index contributed by atoms with van der Waals surface area (Å²) < 4.78 is 10.7. The highest BCUT2D eigenvalue weighted by atomic mass is 16.5. The normalized spacial score (nSPS) is 13.5. The van der Waals surface area contributed by atoms with Crippen LogP contribution in [0.3, 0.4) is 0 Å². The zero-order valence-electron chi connectivity index (χ0n) is 14.0. The maximum Gasteiger partial charge on any atom is 0.220 e. The molecule has 0 fully saturated rings. The third-order valence-electron chi connectivity index (χ3n) is 4.00. The molecule has 0 aliphatic heterocycles. The summed E-state index contributed by atoms with van der Waals surface area (Å²) in [5, 5.41) is 3.02. The summed E-state index contributed by atoms with van der Waals surface area (Å²) in [6.07, 6.45) is 1.09. The van der Waals surface area contributed by atoms with Crippen LogP contribution in [0.15, 0.2) is 24.3 Å². The Morgan fingerprint density at radius 2 is 1.86 bits per heavy atom. The highest BCUT2D eigenvalue weighted by molar-refractivity contribution is 5.76. The maximum atomic E-state index is 12.0. The molecule has 1 unspecified atom stereocenters. The smallest absolute Gasteiger partial charge is 0.220 e. The van der Waals surface area contributed by atoms with Gasteiger partial charge in [-0.3, -0.25) is 4.79 Å². The third-order valence-corrected chi connectivity index (χ3v) is 4.00. The minimum absolute atomic E-state index is 0.0139. The summed E-state index contributed by atoms with van der Waals surface area (Å²) in [5.41, 5.74) is 5.41. The van der Waals surface area contributed by atoms with E-state index in [1.54, 1.807) is 7.11 Å². The number of carbonyl (C=O) groups is 1. The fraction of sp³-hybridized carbons (Fsp3) is 0.588. The predicted octanol–water partition coefficient (Wildman–Crippen LogP) is 2.34. The van der Waals surface area contributed by atoms with Crippen LogP contribution >= 0.6 is 0 Å². The molecule has 0 aromatic heterocycles. The Labute approximate surface area is 133 Å². The molecule has 0 heterocycles. The Morgan fingerprint density at radius 1 is 1.27 bits per heavy atom. The SMILES string of the molecule is COc1ccc(OCCCC(=O)NC(C)(CN)C(C)C)cc1. The lowest BCUT2D eigenvalue weighted by molar-refractivity contribution is -0.123. The van der Waals surface area contributed by atoms with Crippen molar-refractivity contribution in [3.63, 3.8) is 0 Å². The predicted molar refractivity (Wildman–Crippen MR) is 88.2 cm³/mol. The van der Waals surface area contributed by atoms with Crippen molar-refractivity contribution in [2.24, 2.45) is 11.7 Å². The van der Waals surface area contributed by atoms with Crippen molar-refractivity contribution >= 4 is 5.91 Å². The van der Waals surface area contributed by atoms with Crippen molar-refractivity contribution in [2.45, 2.75) is 39.2 Å². The number of carbonyl (C=O) groups excluding carboxylic acids is 1. The van der Waals surface area contributed by atoms with Gasteiger partial charge in [-0.15, -0.1) is 0 Å². The second-order valence-corrected chi connectivity index (χ2v) is 5.95. The second kappa shape index (κ2) is 8.63. The van der Waals surface area contributed by atoms with E-state index in [-0.39, 0.29) is 17.4 Å². The number of ether oxygens (including phenoxy) is 2. The lowest BCUT2D eigenvalue weighted by atomic mass is 9.88. The van der Waals surface area contributed by atoms with E-state index in [0.717, 1.165) is 11.5 Å². The molecule has 1 aromatic carbocycles. The third kappa shape index (κ3) is 5.56. The number of nitrogens with one attached hydrogen (secondary N) is 1. The molecule has 1 atom stereocenters. The molecule has 0 saturated carbocycles. The average molecular weight is 308 g/mol. The number of hydrogen-bond acceptors (Lipinski definition) is 4. The van der Waals surface area contributed by atoms with Gasteiger partial charge in [0.1, 0.15) is 11.5 Å². The first kappa shape index (κ1) is 18.3. The Morgan fingerprint density at radius 3 is 2.36 bits per heavy atom. The molecule has 0 bridgehead atoms. The first-order valence-electron chi connectivity index (χ1n) is 7.69. The Balaban J connectivity index is 2.30. The maximum absolute atomic E-state index is 12.0. The lowest BCUT2D eigenvalue weighted by Crippen LogP contribution is -2.55. The molecular formula is C17H28N2O3. The van der Waals surface area contributed by atoms with Crippen LogP contribution in [0.4, 0.5) is 0 Å². The molecule has 124 valence electrons. The lowest BCUT2D eigenvalue weighted by Gasteiger charge is -2.33. The van der Waals surface area contributed by atoms with Crippen molar-refractivity contribution in [2.75, 3.05) is 20.3 Å². The largest absolute Gasteiger partial charge is 0.497 e. The number of amides is 1.